The number of hydrogen-bond donors (Lipinski definition) is 2. The molecule has 1 aromatic carbocycles. The van der Waals surface area contributed by atoms with Crippen LogP contribution in [0.2, 0.25) is 0 Å². The van der Waals surface area contributed by atoms with Crippen LogP contribution in [0.5, 0.6) is 0 Å². The molecule has 0 saturated carbocycles. The first-order chi connectivity index (χ1) is 15.1. The van der Waals surface area contributed by atoms with Crippen LogP contribution in [-0.2, 0) is 11.3 Å². The third-order valence-electron chi connectivity index (χ3n) is 5.02. The number of urea groups is 1. The average Bonchev–Trinajstić information content (AvgIpc) is 3.45. The molecule has 0 radical (unpaired) electrons. The molecule has 4 rings (SSSR count). The van der Waals surface area contributed by atoms with Crippen LogP contribution < -0.4 is 10.6 Å². The van der Waals surface area contributed by atoms with E-state index in [1.807, 2.05) is 22.4 Å². The smallest absolute Gasteiger partial charge is 0.321 e. The zero-order chi connectivity index (χ0) is 21.6. The molecule has 3 aromatic rings. The molecule has 2 N–H and O–H groups in total. The van der Waals surface area contributed by atoms with Gasteiger partial charge in [0.15, 0.2) is 0 Å². The summed E-state index contributed by atoms with van der Waals surface area (Å²) in [5, 5.41) is 11.0. The maximum atomic E-state index is 13.1. The summed E-state index contributed by atoms with van der Waals surface area (Å²) >= 11 is 1.54. The summed E-state index contributed by atoms with van der Waals surface area (Å²) in [7, 11) is 0. The van der Waals surface area contributed by atoms with Crippen molar-refractivity contribution < 1.29 is 18.5 Å². The minimum Gasteiger partial charge on any atom is -0.339 e. The molecule has 0 bridgehead atoms. The van der Waals surface area contributed by atoms with Gasteiger partial charge in [0.05, 0.1) is 19.0 Å². The molecule has 0 spiro atoms. The summed E-state index contributed by atoms with van der Waals surface area (Å²) in [6.07, 6.45) is 1.74. The molecule has 1 atom stereocenters. The molecule has 3 amide bonds. The largest absolute Gasteiger partial charge is 0.339 e. The standard InChI is InChI=1S/C21H22FN5O3S/c22-16-7-5-14(6-8-16)19-25-20(30-26-19)15-3-1-9-27(12-15)13-18(28)24-21(29)23-11-17-4-2-10-31-17/h2,4-8,10,15H,1,3,9,11-13H2,(H2,23,24,28,29). The van der Waals surface area contributed by atoms with E-state index in [0.717, 1.165) is 24.3 Å². The van der Waals surface area contributed by atoms with Crippen molar-refractivity contribution >= 4 is 23.3 Å². The van der Waals surface area contributed by atoms with Crippen LogP contribution in [0.25, 0.3) is 11.4 Å². The predicted molar refractivity (Wildman–Crippen MR) is 113 cm³/mol. The molecule has 1 fully saturated rings. The highest BCUT2D eigenvalue weighted by atomic mass is 32.1. The summed E-state index contributed by atoms with van der Waals surface area (Å²) in [4.78, 5) is 31.6. The minimum absolute atomic E-state index is 0.00379. The Balaban J connectivity index is 1.28. The lowest BCUT2D eigenvalue weighted by Crippen LogP contribution is -2.46. The van der Waals surface area contributed by atoms with Gasteiger partial charge in [-0.15, -0.1) is 11.3 Å². The van der Waals surface area contributed by atoms with Crippen molar-refractivity contribution in [3.63, 3.8) is 0 Å². The van der Waals surface area contributed by atoms with E-state index in [4.69, 9.17) is 4.52 Å². The van der Waals surface area contributed by atoms with Gasteiger partial charge in [-0.25, -0.2) is 9.18 Å². The van der Waals surface area contributed by atoms with Crippen molar-refractivity contribution in [1.29, 1.82) is 0 Å². The van der Waals surface area contributed by atoms with Gasteiger partial charge in [0, 0.05) is 17.0 Å². The number of hydrogen-bond acceptors (Lipinski definition) is 7. The zero-order valence-corrected chi connectivity index (χ0v) is 17.5. The topological polar surface area (TPSA) is 100 Å². The van der Waals surface area contributed by atoms with E-state index in [0.29, 0.717) is 30.4 Å². The average molecular weight is 444 g/mol. The van der Waals surface area contributed by atoms with Crippen LogP contribution >= 0.6 is 11.3 Å². The Kier molecular flexibility index (Phi) is 6.68. The fraction of sp³-hybridized carbons (Fsp3) is 0.333. The van der Waals surface area contributed by atoms with Crippen LogP contribution in [0.15, 0.2) is 46.3 Å². The van der Waals surface area contributed by atoms with Crippen LogP contribution in [0.1, 0.15) is 29.5 Å². The van der Waals surface area contributed by atoms with Crippen molar-refractivity contribution in [2.45, 2.75) is 25.3 Å². The fourth-order valence-electron chi connectivity index (χ4n) is 3.51. The van der Waals surface area contributed by atoms with Crippen molar-refractivity contribution in [2.24, 2.45) is 0 Å². The second kappa shape index (κ2) is 9.80. The summed E-state index contributed by atoms with van der Waals surface area (Å²) in [6, 6.07) is 9.22. The summed E-state index contributed by atoms with van der Waals surface area (Å²) in [5.74, 6) is 0.219. The molecule has 8 nitrogen and oxygen atoms in total. The molecule has 0 aliphatic carbocycles. The van der Waals surface area contributed by atoms with Gasteiger partial charge < -0.3 is 9.84 Å². The number of rotatable bonds is 6. The van der Waals surface area contributed by atoms with E-state index in [9.17, 15) is 14.0 Å². The second-order valence-electron chi connectivity index (χ2n) is 7.35. The molecule has 1 aliphatic rings. The maximum Gasteiger partial charge on any atom is 0.321 e. The van der Waals surface area contributed by atoms with E-state index in [-0.39, 0.29) is 24.2 Å². The highest BCUT2D eigenvalue weighted by Gasteiger charge is 2.27. The van der Waals surface area contributed by atoms with Crippen LogP contribution in [0.4, 0.5) is 9.18 Å². The number of amides is 3. The third kappa shape index (κ3) is 5.74. The van der Waals surface area contributed by atoms with Crippen molar-refractivity contribution in [3.05, 3.63) is 58.4 Å². The van der Waals surface area contributed by atoms with E-state index in [1.165, 1.54) is 23.5 Å². The number of imide groups is 1. The molecule has 162 valence electrons. The maximum absolute atomic E-state index is 13.1. The summed E-state index contributed by atoms with van der Waals surface area (Å²) < 4.78 is 18.5. The first kappa shape index (κ1) is 21.1. The molecule has 1 saturated heterocycles. The molecule has 31 heavy (non-hydrogen) atoms. The Hall–Kier alpha value is -3.11. The molecule has 1 unspecified atom stereocenters. The highest BCUT2D eigenvalue weighted by molar-refractivity contribution is 7.09. The monoisotopic (exact) mass is 443 g/mol. The van der Waals surface area contributed by atoms with Crippen molar-refractivity contribution in [1.82, 2.24) is 25.7 Å². The predicted octanol–water partition coefficient (Wildman–Crippen LogP) is 3.14. The van der Waals surface area contributed by atoms with Crippen LogP contribution in [-0.4, -0.2) is 46.6 Å². The van der Waals surface area contributed by atoms with Crippen molar-refractivity contribution in [2.75, 3.05) is 19.6 Å². The lowest BCUT2D eigenvalue weighted by Gasteiger charge is -2.30. The Morgan fingerprint density at radius 1 is 1.26 bits per heavy atom. The molecular weight excluding hydrogens is 421 g/mol. The Morgan fingerprint density at radius 3 is 2.87 bits per heavy atom. The van der Waals surface area contributed by atoms with Gasteiger partial charge in [0.2, 0.25) is 17.6 Å². The number of carbonyl (C=O) groups excluding carboxylic acids is 2. The lowest BCUT2D eigenvalue weighted by molar-refractivity contribution is -0.121. The van der Waals surface area contributed by atoms with Gasteiger partial charge >= 0.3 is 6.03 Å². The summed E-state index contributed by atoms with van der Waals surface area (Å²) in [6.45, 7) is 1.83. The number of halogens is 1. The van der Waals surface area contributed by atoms with Gasteiger partial charge in [0.1, 0.15) is 5.82 Å². The van der Waals surface area contributed by atoms with Crippen LogP contribution in [0, 0.1) is 5.82 Å². The van der Waals surface area contributed by atoms with E-state index < -0.39 is 6.03 Å². The number of nitrogens with zero attached hydrogens (tertiary/aromatic N) is 3. The number of benzene rings is 1. The quantitative estimate of drug-likeness (QED) is 0.607. The van der Waals surface area contributed by atoms with Gasteiger partial charge in [-0.1, -0.05) is 11.2 Å². The summed E-state index contributed by atoms with van der Waals surface area (Å²) in [5.41, 5.74) is 0.678. The van der Waals surface area contributed by atoms with E-state index >= 15 is 0 Å². The first-order valence-corrected chi connectivity index (χ1v) is 10.9. The Labute approximate surface area is 182 Å². The molecule has 10 heteroatoms. The zero-order valence-electron chi connectivity index (χ0n) is 16.7. The number of carbonyl (C=O) groups is 2. The number of aromatic nitrogens is 2. The first-order valence-electron chi connectivity index (χ1n) is 9.99. The molecule has 3 heterocycles. The number of piperidine rings is 1. The van der Waals surface area contributed by atoms with E-state index in [1.54, 1.807) is 12.1 Å². The SMILES string of the molecule is O=C(CN1CCCC(c2nc(-c3ccc(F)cc3)no2)C1)NC(=O)NCc1cccs1. The second-order valence-corrected chi connectivity index (χ2v) is 8.38. The minimum atomic E-state index is -0.507. The lowest BCUT2D eigenvalue weighted by atomic mass is 9.98. The van der Waals surface area contributed by atoms with Gasteiger partial charge in [-0.05, 0) is 55.1 Å². The van der Waals surface area contributed by atoms with Gasteiger partial charge in [-0.3, -0.25) is 15.0 Å². The molecule has 1 aliphatic heterocycles. The van der Waals surface area contributed by atoms with Crippen molar-refractivity contribution in [3.8, 4) is 11.4 Å². The number of likely N-dealkylation sites (tertiary alicyclic amines) is 1. The highest BCUT2D eigenvalue weighted by Crippen LogP contribution is 2.27. The number of nitrogens with one attached hydrogen (secondary N) is 2. The fourth-order valence-corrected chi connectivity index (χ4v) is 4.16. The Morgan fingerprint density at radius 2 is 2.10 bits per heavy atom. The third-order valence-corrected chi connectivity index (χ3v) is 5.90. The number of thiophene rings is 1. The molecule has 2 aromatic heterocycles. The van der Waals surface area contributed by atoms with E-state index in [2.05, 4.69) is 20.8 Å². The van der Waals surface area contributed by atoms with Crippen LogP contribution in [0.3, 0.4) is 0 Å². The van der Waals surface area contributed by atoms with Gasteiger partial charge in [0.25, 0.3) is 0 Å². The Bertz CT molecular complexity index is 1020. The molecular formula is C21H22FN5O3S. The normalized spacial score (nSPS) is 16.7. The van der Waals surface area contributed by atoms with Gasteiger partial charge in [-0.2, -0.15) is 4.98 Å².